The third kappa shape index (κ3) is 4.67. The number of hydrogen-bond acceptors (Lipinski definition) is 6. The number of nitrogens with one attached hydrogen (secondary N) is 1. The van der Waals surface area contributed by atoms with Crippen molar-refractivity contribution >= 4 is 23.4 Å². The molecule has 0 radical (unpaired) electrons. The first-order valence-electron chi connectivity index (χ1n) is 8.07. The first kappa shape index (κ1) is 18.7. The van der Waals surface area contributed by atoms with Gasteiger partial charge in [0.05, 0.1) is 12.5 Å². The van der Waals surface area contributed by atoms with E-state index >= 15 is 0 Å². The largest absolute Gasteiger partial charge is 0.379 e. The van der Waals surface area contributed by atoms with Gasteiger partial charge in [-0.3, -0.25) is 4.79 Å². The highest BCUT2D eigenvalue weighted by atomic mass is 32.2. The number of aryl methyl sites for hydroxylation is 2. The normalized spacial score (nSPS) is 11.4. The fourth-order valence-electron chi connectivity index (χ4n) is 2.37. The van der Waals surface area contributed by atoms with E-state index in [1.807, 2.05) is 34.0 Å². The van der Waals surface area contributed by atoms with Crippen LogP contribution >= 0.6 is 11.8 Å². The Bertz CT molecular complexity index is 714. The lowest BCUT2D eigenvalue weighted by atomic mass is 10.1. The average Bonchev–Trinajstić information content (AvgIpc) is 2.94. The highest BCUT2D eigenvalue weighted by molar-refractivity contribution is 7.98. The van der Waals surface area contributed by atoms with Crippen molar-refractivity contribution in [1.29, 1.82) is 0 Å². The van der Waals surface area contributed by atoms with Crippen LogP contribution in [0.3, 0.4) is 0 Å². The summed E-state index contributed by atoms with van der Waals surface area (Å²) in [5.74, 6) is 0.557. The van der Waals surface area contributed by atoms with Crippen LogP contribution < -0.4 is 5.32 Å². The highest BCUT2D eigenvalue weighted by Crippen LogP contribution is 2.17. The second kappa shape index (κ2) is 8.43. The average molecular weight is 351 g/mol. The van der Waals surface area contributed by atoms with Gasteiger partial charge < -0.3 is 10.1 Å². The number of amides is 1. The number of nitrogens with zero attached hydrogens (tertiary/aromatic N) is 4. The first-order valence-corrected chi connectivity index (χ1v) is 9.30. The lowest BCUT2D eigenvalue weighted by Crippen LogP contribution is -2.28. The van der Waals surface area contributed by atoms with Gasteiger partial charge in [-0.1, -0.05) is 11.8 Å². The molecule has 0 aliphatic rings. The summed E-state index contributed by atoms with van der Waals surface area (Å²) in [6.07, 6.45) is 3.24. The van der Waals surface area contributed by atoms with E-state index in [1.54, 1.807) is 4.52 Å². The molecule has 0 aromatic carbocycles. The Kier molecular flexibility index (Phi) is 6.56. The van der Waals surface area contributed by atoms with Crippen molar-refractivity contribution in [3.63, 3.8) is 0 Å². The van der Waals surface area contributed by atoms with Crippen LogP contribution in [-0.4, -0.2) is 51.0 Å². The minimum absolute atomic E-state index is 0.0166. The van der Waals surface area contributed by atoms with Crippen molar-refractivity contribution in [1.82, 2.24) is 24.9 Å². The van der Waals surface area contributed by atoms with Gasteiger partial charge in [0.15, 0.2) is 0 Å². The van der Waals surface area contributed by atoms with Gasteiger partial charge in [0, 0.05) is 30.1 Å². The van der Waals surface area contributed by atoms with Gasteiger partial charge in [-0.15, -0.1) is 5.10 Å². The summed E-state index contributed by atoms with van der Waals surface area (Å²) in [6, 6.07) is 0. The van der Waals surface area contributed by atoms with Crippen molar-refractivity contribution in [3.05, 3.63) is 17.0 Å². The SMILES string of the molecule is CSc1nc2nc(C)c(CC(=O)NCCCOC(C)C)c(C)n2n1. The zero-order valence-corrected chi connectivity index (χ0v) is 15.7. The minimum atomic E-state index is -0.0166. The van der Waals surface area contributed by atoms with Crippen molar-refractivity contribution < 1.29 is 9.53 Å². The molecule has 0 aliphatic carbocycles. The van der Waals surface area contributed by atoms with Crippen LogP contribution in [-0.2, 0) is 16.0 Å². The zero-order valence-electron chi connectivity index (χ0n) is 14.9. The summed E-state index contributed by atoms with van der Waals surface area (Å²) in [5.41, 5.74) is 2.62. The lowest BCUT2D eigenvalue weighted by Gasteiger charge is -2.11. The van der Waals surface area contributed by atoms with Crippen molar-refractivity contribution in [2.75, 3.05) is 19.4 Å². The molecule has 1 amide bonds. The summed E-state index contributed by atoms with van der Waals surface area (Å²) in [7, 11) is 0. The van der Waals surface area contributed by atoms with Gasteiger partial charge in [-0.25, -0.2) is 9.50 Å². The Morgan fingerprint density at radius 3 is 2.75 bits per heavy atom. The number of carbonyl (C=O) groups excluding carboxylic acids is 1. The second-order valence-electron chi connectivity index (χ2n) is 5.87. The fourth-order valence-corrected chi connectivity index (χ4v) is 2.71. The molecule has 0 spiro atoms. The molecule has 0 saturated carbocycles. The number of thioether (sulfide) groups is 1. The molecule has 24 heavy (non-hydrogen) atoms. The maximum Gasteiger partial charge on any atom is 0.253 e. The molecule has 0 bridgehead atoms. The van der Waals surface area contributed by atoms with E-state index in [0.717, 1.165) is 23.4 Å². The summed E-state index contributed by atoms with van der Waals surface area (Å²) < 4.78 is 7.17. The zero-order chi connectivity index (χ0) is 17.7. The van der Waals surface area contributed by atoms with Crippen molar-refractivity contribution in [2.45, 2.75) is 51.8 Å². The van der Waals surface area contributed by atoms with E-state index in [4.69, 9.17) is 4.74 Å². The standard InChI is InChI=1S/C16H25N5O2S/c1-10(2)23-8-6-7-17-14(22)9-13-11(3)18-15-19-16(24-5)20-21(15)12(13)4/h10H,6-9H2,1-5H3,(H,17,22). The molecule has 2 aromatic heterocycles. The molecule has 2 aromatic rings. The Labute approximate surface area is 146 Å². The van der Waals surface area contributed by atoms with E-state index < -0.39 is 0 Å². The molecule has 0 aliphatic heterocycles. The van der Waals surface area contributed by atoms with E-state index in [0.29, 0.717) is 30.5 Å². The maximum absolute atomic E-state index is 12.2. The number of aromatic nitrogens is 4. The summed E-state index contributed by atoms with van der Waals surface area (Å²) >= 11 is 1.47. The molecule has 7 nitrogen and oxygen atoms in total. The van der Waals surface area contributed by atoms with Gasteiger partial charge in [-0.2, -0.15) is 4.98 Å². The van der Waals surface area contributed by atoms with E-state index in [2.05, 4.69) is 20.4 Å². The number of rotatable bonds is 8. The van der Waals surface area contributed by atoms with E-state index in [1.165, 1.54) is 11.8 Å². The van der Waals surface area contributed by atoms with Gasteiger partial charge in [-0.05, 0) is 40.4 Å². The smallest absolute Gasteiger partial charge is 0.253 e. The predicted octanol–water partition coefficient (Wildman–Crippen LogP) is 1.94. The number of hydrogen-bond donors (Lipinski definition) is 1. The second-order valence-corrected chi connectivity index (χ2v) is 6.64. The number of fused-ring (bicyclic) bond motifs is 1. The topological polar surface area (TPSA) is 81.4 Å². The number of ether oxygens (including phenoxy) is 1. The molecule has 0 atom stereocenters. The Morgan fingerprint density at radius 2 is 2.08 bits per heavy atom. The van der Waals surface area contributed by atoms with Crippen LogP contribution in [0.2, 0.25) is 0 Å². The molecular formula is C16H25N5O2S. The van der Waals surface area contributed by atoms with Gasteiger partial charge in [0.1, 0.15) is 0 Å². The molecule has 2 heterocycles. The van der Waals surface area contributed by atoms with Gasteiger partial charge in [0.25, 0.3) is 5.78 Å². The summed E-state index contributed by atoms with van der Waals surface area (Å²) in [4.78, 5) is 21.0. The summed E-state index contributed by atoms with van der Waals surface area (Å²) in [5, 5.41) is 8.01. The van der Waals surface area contributed by atoms with Crippen molar-refractivity contribution in [3.8, 4) is 0 Å². The van der Waals surface area contributed by atoms with Crippen LogP contribution in [0.15, 0.2) is 5.16 Å². The van der Waals surface area contributed by atoms with E-state index in [9.17, 15) is 4.79 Å². The molecule has 1 N–H and O–H groups in total. The minimum Gasteiger partial charge on any atom is -0.379 e. The van der Waals surface area contributed by atoms with Gasteiger partial charge in [0.2, 0.25) is 11.1 Å². The Hall–Kier alpha value is -1.67. The monoisotopic (exact) mass is 351 g/mol. The molecule has 2 rings (SSSR count). The first-order chi connectivity index (χ1) is 11.4. The molecule has 8 heteroatoms. The summed E-state index contributed by atoms with van der Waals surface area (Å²) in [6.45, 7) is 9.11. The van der Waals surface area contributed by atoms with Crippen LogP contribution in [0.4, 0.5) is 0 Å². The predicted molar refractivity (Wildman–Crippen MR) is 94.5 cm³/mol. The molecular weight excluding hydrogens is 326 g/mol. The van der Waals surface area contributed by atoms with Crippen LogP contribution in [0.1, 0.15) is 37.2 Å². The third-order valence-corrected chi connectivity index (χ3v) is 4.18. The highest BCUT2D eigenvalue weighted by Gasteiger charge is 2.15. The van der Waals surface area contributed by atoms with Crippen LogP contribution in [0.5, 0.6) is 0 Å². The quantitative estimate of drug-likeness (QED) is 0.578. The molecule has 0 unspecified atom stereocenters. The molecule has 0 saturated heterocycles. The Balaban J connectivity index is 2.00. The maximum atomic E-state index is 12.2. The Morgan fingerprint density at radius 1 is 1.33 bits per heavy atom. The van der Waals surface area contributed by atoms with Crippen LogP contribution in [0, 0.1) is 13.8 Å². The third-order valence-electron chi connectivity index (χ3n) is 3.64. The van der Waals surface area contributed by atoms with Crippen LogP contribution in [0.25, 0.3) is 5.78 Å². The molecule has 132 valence electrons. The molecule has 0 fully saturated rings. The fraction of sp³-hybridized carbons (Fsp3) is 0.625. The van der Waals surface area contributed by atoms with E-state index in [-0.39, 0.29) is 12.0 Å². The van der Waals surface area contributed by atoms with Gasteiger partial charge >= 0.3 is 0 Å². The number of carbonyl (C=O) groups is 1. The lowest BCUT2D eigenvalue weighted by molar-refractivity contribution is -0.120. The van der Waals surface area contributed by atoms with Crippen molar-refractivity contribution in [2.24, 2.45) is 0 Å².